The van der Waals surface area contributed by atoms with Gasteiger partial charge >= 0.3 is 0 Å². The maximum absolute atomic E-state index is 8.63. The van der Waals surface area contributed by atoms with Gasteiger partial charge in [0.25, 0.3) is 0 Å². The number of oxime groups is 1. The van der Waals surface area contributed by atoms with Crippen molar-refractivity contribution in [3.63, 3.8) is 0 Å². The second-order valence-corrected chi connectivity index (χ2v) is 4.65. The van der Waals surface area contributed by atoms with Crippen LogP contribution in [0.1, 0.15) is 32.1 Å². The van der Waals surface area contributed by atoms with E-state index in [0.717, 1.165) is 11.8 Å². The van der Waals surface area contributed by atoms with E-state index in [-0.39, 0.29) is 5.96 Å². The van der Waals surface area contributed by atoms with Gasteiger partial charge in [0.1, 0.15) is 0 Å². The first-order valence-electron chi connectivity index (χ1n) is 5.42. The summed E-state index contributed by atoms with van der Waals surface area (Å²) in [5.74, 6) is 1.88. The van der Waals surface area contributed by atoms with E-state index in [1.807, 2.05) is 11.9 Å². The standard InChI is InChI=1S/C10H19N3O/c1-13(10(11)12-14)9-6-7-2-4-8(9)5-3-7/h7-9,14H,2-6H2,1H3,(H2,11,12). The van der Waals surface area contributed by atoms with Gasteiger partial charge in [0, 0.05) is 13.1 Å². The van der Waals surface area contributed by atoms with Crippen molar-refractivity contribution in [2.24, 2.45) is 22.7 Å². The van der Waals surface area contributed by atoms with Crippen LogP contribution >= 0.6 is 0 Å². The van der Waals surface area contributed by atoms with Crippen molar-refractivity contribution in [1.29, 1.82) is 0 Å². The molecule has 4 nitrogen and oxygen atoms in total. The van der Waals surface area contributed by atoms with Crippen LogP contribution in [0.15, 0.2) is 5.16 Å². The molecular weight excluding hydrogens is 178 g/mol. The molecule has 1 atom stereocenters. The van der Waals surface area contributed by atoms with Crippen LogP contribution < -0.4 is 5.73 Å². The zero-order valence-corrected chi connectivity index (χ0v) is 8.69. The molecule has 14 heavy (non-hydrogen) atoms. The zero-order valence-electron chi connectivity index (χ0n) is 8.69. The average Bonchev–Trinajstić information content (AvgIpc) is 2.28. The number of hydrogen-bond acceptors (Lipinski definition) is 2. The summed E-state index contributed by atoms with van der Waals surface area (Å²) in [6.07, 6.45) is 6.62. The number of guanidine groups is 1. The fraction of sp³-hybridized carbons (Fsp3) is 0.900. The topological polar surface area (TPSA) is 61.8 Å². The summed E-state index contributed by atoms with van der Waals surface area (Å²) in [7, 11) is 1.93. The van der Waals surface area contributed by atoms with Crippen molar-refractivity contribution in [2.45, 2.75) is 38.1 Å². The van der Waals surface area contributed by atoms with Gasteiger partial charge < -0.3 is 15.8 Å². The van der Waals surface area contributed by atoms with E-state index in [1.165, 1.54) is 32.1 Å². The zero-order chi connectivity index (χ0) is 10.1. The Morgan fingerprint density at radius 1 is 1.36 bits per heavy atom. The fourth-order valence-corrected chi connectivity index (χ4v) is 3.06. The summed E-state index contributed by atoms with van der Waals surface area (Å²) < 4.78 is 0. The number of fused-ring (bicyclic) bond motifs is 3. The number of nitrogens with two attached hydrogens (primary N) is 1. The second kappa shape index (κ2) is 3.67. The predicted molar refractivity (Wildman–Crippen MR) is 55.0 cm³/mol. The van der Waals surface area contributed by atoms with Crippen LogP contribution in [0.5, 0.6) is 0 Å². The van der Waals surface area contributed by atoms with Gasteiger partial charge in [-0.3, -0.25) is 0 Å². The monoisotopic (exact) mass is 197 g/mol. The lowest BCUT2D eigenvalue weighted by atomic mass is 9.67. The summed E-state index contributed by atoms with van der Waals surface area (Å²) in [4.78, 5) is 1.94. The normalized spacial score (nSPS) is 37.2. The van der Waals surface area contributed by atoms with Gasteiger partial charge in [-0.05, 0) is 31.1 Å². The summed E-state index contributed by atoms with van der Waals surface area (Å²) in [6.45, 7) is 0. The lowest BCUT2D eigenvalue weighted by molar-refractivity contribution is 0.0809. The number of hydrogen-bond donors (Lipinski definition) is 2. The second-order valence-electron chi connectivity index (χ2n) is 4.65. The van der Waals surface area contributed by atoms with Crippen LogP contribution in [-0.4, -0.2) is 29.2 Å². The Morgan fingerprint density at radius 3 is 2.43 bits per heavy atom. The molecule has 3 aliphatic carbocycles. The first kappa shape index (κ1) is 9.62. The van der Waals surface area contributed by atoms with Gasteiger partial charge in [-0.1, -0.05) is 18.0 Å². The van der Waals surface area contributed by atoms with E-state index in [0.29, 0.717) is 6.04 Å². The van der Waals surface area contributed by atoms with Crippen molar-refractivity contribution < 1.29 is 5.21 Å². The minimum atomic E-state index is 0.252. The van der Waals surface area contributed by atoms with Crippen LogP contribution in [0.25, 0.3) is 0 Å². The molecule has 0 saturated heterocycles. The van der Waals surface area contributed by atoms with Crippen molar-refractivity contribution in [3.05, 3.63) is 0 Å². The van der Waals surface area contributed by atoms with Crippen LogP contribution in [-0.2, 0) is 0 Å². The summed E-state index contributed by atoms with van der Waals surface area (Å²) >= 11 is 0. The highest BCUT2D eigenvalue weighted by Gasteiger charge is 2.38. The van der Waals surface area contributed by atoms with Crippen molar-refractivity contribution >= 4 is 5.96 Å². The van der Waals surface area contributed by atoms with Crippen molar-refractivity contribution in [1.82, 2.24) is 4.90 Å². The van der Waals surface area contributed by atoms with E-state index in [2.05, 4.69) is 5.16 Å². The minimum Gasteiger partial charge on any atom is -0.408 e. The first-order valence-corrected chi connectivity index (χ1v) is 5.42. The van der Waals surface area contributed by atoms with E-state index in [4.69, 9.17) is 10.9 Å². The molecule has 3 fully saturated rings. The smallest absolute Gasteiger partial charge is 0.233 e. The summed E-state index contributed by atoms with van der Waals surface area (Å²) in [5.41, 5.74) is 5.61. The van der Waals surface area contributed by atoms with Gasteiger partial charge in [-0.15, -0.1) is 0 Å². The number of nitrogens with zero attached hydrogens (tertiary/aromatic N) is 2. The molecule has 3 N–H and O–H groups in total. The Kier molecular flexibility index (Phi) is 2.52. The van der Waals surface area contributed by atoms with Gasteiger partial charge in [0.05, 0.1) is 0 Å². The SMILES string of the molecule is CN(/C(N)=N/O)C1CC2CCC1CC2. The molecule has 0 aromatic heterocycles. The molecule has 3 aliphatic rings. The third kappa shape index (κ3) is 1.53. The van der Waals surface area contributed by atoms with Gasteiger partial charge in [0.15, 0.2) is 0 Å². The molecule has 0 amide bonds. The third-order valence-corrected chi connectivity index (χ3v) is 3.97. The fourth-order valence-electron chi connectivity index (χ4n) is 3.06. The molecule has 0 aromatic carbocycles. The van der Waals surface area contributed by atoms with E-state index in [9.17, 15) is 0 Å². The molecule has 4 heteroatoms. The Balaban J connectivity index is 2.04. The molecular formula is C10H19N3O. The van der Waals surface area contributed by atoms with Gasteiger partial charge in [-0.25, -0.2) is 0 Å². The highest BCUT2D eigenvalue weighted by molar-refractivity contribution is 5.77. The lowest BCUT2D eigenvalue weighted by Crippen LogP contribution is -2.50. The predicted octanol–water partition coefficient (Wildman–Crippen LogP) is 1.20. The quantitative estimate of drug-likeness (QED) is 0.287. The average molecular weight is 197 g/mol. The third-order valence-electron chi connectivity index (χ3n) is 3.97. The maximum Gasteiger partial charge on any atom is 0.233 e. The molecule has 1 unspecified atom stereocenters. The Morgan fingerprint density at radius 2 is 2.00 bits per heavy atom. The largest absolute Gasteiger partial charge is 0.408 e. The summed E-state index contributed by atoms with van der Waals surface area (Å²) in [6, 6.07) is 0.499. The van der Waals surface area contributed by atoms with Crippen LogP contribution in [0.4, 0.5) is 0 Å². The van der Waals surface area contributed by atoms with Crippen LogP contribution in [0.2, 0.25) is 0 Å². The Hall–Kier alpha value is -0.930. The van der Waals surface area contributed by atoms with E-state index < -0.39 is 0 Å². The Bertz CT molecular complexity index is 234. The minimum absolute atomic E-state index is 0.252. The highest BCUT2D eigenvalue weighted by Crippen LogP contribution is 2.42. The maximum atomic E-state index is 8.63. The van der Waals surface area contributed by atoms with Crippen molar-refractivity contribution in [2.75, 3.05) is 7.05 Å². The number of rotatable bonds is 1. The molecule has 3 rings (SSSR count). The molecule has 0 radical (unpaired) electrons. The molecule has 0 spiro atoms. The molecule has 0 heterocycles. The molecule has 80 valence electrons. The van der Waals surface area contributed by atoms with E-state index >= 15 is 0 Å². The molecule has 0 aromatic rings. The summed E-state index contributed by atoms with van der Waals surface area (Å²) in [5, 5.41) is 11.7. The van der Waals surface area contributed by atoms with Crippen molar-refractivity contribution in [3.8, 4) is 0 Å². The molecule has 2 bridgehead atoms. The van der Waals surface area contributed by atoms with E-state index in [1.54, 1.807) is 0 Å². The molecule has 0 aliphatic heterocycles. The Labute approximate surface area is 84.8 Å². The molecule has 3 saturated carbocycles. The van der Waals surface area contributed by atoms with Gasteiger partial charge in [-0.2, -0.15) is 0 Å². The lowest BCUT2D eigenvalue weighted by Gasteiger charge is -2.46. The van der Waals surface area contributed by atoms with Gasteiger partial charge in [0.2, 0.25) is 5.96 Å². The van der Waals surface area contributed by atoms with Crippen LogP contribution in [0.3, 0.4) is 0 Å². The first-order chi connectivity index (χ1) is 6.72. The van der Waals surface area contributed by atoms with Crippen LogP contribution in [0, 0.1) is 11.8 Å². The highest BCUT2D eigenvalue weighted by atomic mass is 16.4.